The third-order valence-corrected chi connectivity index (χ3v) is 4.10. The van der Waals surface area contributed by atoms with Crippen molar-refractivity contribution in [2.45, 2.75) is 26.8 Å². The Morgan fingerprint density at radius 1 is 1.11 bits per heavy atom. The van der Waals surface area contributed by atoms with Crippen molar-refractivity contribution in [2.75, 3.05) is 27.2 Å². The van der Waals surface area contributed by atoms with E-state index in [4.69, 9.17) is 4.42 Å². The van der Waals surface area contributed by atoms with E-state index in [1.165, 1.54) is 17.4 Å². The van der Waals surface area contributed by atoms with Crippen LogP contribution >= 0.6 is 24.0 Å². The highest BCUT2D eigenvalue weighted by molar-refractivity contribution is 14.0. The van der Waals surface area contributed by atoms with Crippen LogP contribution in [-0.4, -0.2) is 44.0 Å². The quantitative estimate of drug-likeness (QED) is 0.274. The third-order valence-electron chi connectivity index (χ3n) is 4.10. The monoisotopic (exact) mass is 484 g/mol. The second-order valence-electron chi connectivity index (χ2n) is 6.36. The highest BCUT2D eigenvalue weighted by Gasteiger charge is 2.11. The van der Waals surface area contributed by atoms with Crippen molar-refractivity contribution < 1.29 is 9.21 Å². The number of guanidine groups is 1. The molecule has 0 spiro atoms. The van der Waals surface area contributed by atoms with E-state index < -0.39 is 0 Å². The highest BCUT2D eigenvalue weighted by Crippen LogP contribution is 2.08. The summed E-state index contributed by atoms with van der Waals surface area (Å²) in [5.41, 5.74) is 3.34. The number of hydrogen-bond donors (Lipinski definition) is 2. The molecule has 1 aromatic carbocycles. The fourth-order valence-corrected chi connectivity index (χ4v) is 2.60. The maximum Gasteiger partial charge on any atom is 0.287 e. The summed E-state index contributed by atoms with van der Waals surface area (Å²) >= 11 is 0. The highest BCUT2D eigenvalue weighted by atomic mass is 127. The molecule has 6 nitrogen and oxygen atoms in total. The van der Waals surface area contributed by atoms with Gasteiger partial charge in [0, 0.05) is 39.3 Å². The summed E-state index contributed by atoms with van der Waals surface area (Å²) in [5.74, 6) is 1.04. The molecule has 2 N–H and O–H groups in total. The zero-order valence-corrected chi connectivity index (χ0v) is 18.7. The Morgan fingerprint density at radius 2 is 1.78 bits per heavy atom. The second-order valence-corrected chi connectivity index (χ2v) is 6.36. The van der Waals surface area contributed by atoms with Gasteiger partial charge in [0.15, 0.2) is 11.7 Å². The fraction of sp³-hybridized carbons (Fsp3) is 0.400. The maximum atomic E-state index is 12.0. The van der Waals surface area contributed by atoms with E-state index in [2.05, 4.69) is 51.7 Å². The molecule has 1 aromatic heterocycles. The third kappa shape index (κ3) is 7.24. The molecular weight excluding hydrogens is 455 g/mol. The lowest BCUT2D eigenvalue weighted by Crippen LogP contribution is -2.39. The average Bonchev–Trinajstić information content (AvgIpc) is 3.06. The minimum Gasteiger partial charge on any atom is -0.459 e. The SMILES string of the molecule is CN=C(NCCCNC(=O)c1occc1C)N(C)Cc1ccc(C)cc1.I. The summed E-state index contributed by atoms with van der Waals surface area (Å²) in [6.45, 7) is 6.02. The molecular formula is C20H29IN4O2. The first-order valence-electron chi connectivity index (χ1n) is 8.81. The molecule has 148 valence electrons. The number of rotatable bonds is 7. The Hall–Kier alpha value is -2.03. The summed E-state index contributed by atoms with van der Waals surface area (Å²) < 4.78 is 5.18. The first-order chi connectivity index (χ1) is 12.5. The van der Waals surface area contributed by atoms with Gasteiger partial charge in [-0.3, -0.25) is 9.79 Å². The number of hydrogen-bond acceptors (Lipinski definition) is 3. The summed E-state index contributed by atoms with van der Waals surface area (Å²) in [5, 5.41) is 6.19. The molecule has 2 rings (SSSR count). The number of aliphatic imine (C=N–C) groups is 1. The van der Waals surface area contributed by atoms with Crippen molar-refractivity contribution in [2.24, 2.45) is 4.99 Å². The van der Waals surface area contributed by atoms with Crippen molar-refractivity contribution in [3.63, 3.8) is 0 Å². The maximum absolute atomic E-state index is 12.0. The van der Waals surface area contributed by atoms with Crippen LogP contribution in [0.4, 0.5) is 0 Å². The van der Waals surface area contributed by atoms with E-state index in [1.54, 1.807) is 13.1 Å². The van der Waals surface area contributed by atoms with Crippen LogP contribution in [0.25, 0.3) is 0 Å². The molecule has 27 heavy (non-hydrogen) atoms. The summed E-state index contributed by atoms with van der Waals surface area (Å²) in [7, 11) is 3.78. The summed E-state index contributed by atoms with van der Waals surface area (Å²) in [6, 6.07) is 10.3. The van der Waals surface area contributed by atoms with Gasteiger partial charge in [-0.2, -0.15) is 0 Å². The predicted molar refractivity (Wildman–Crippen MR) is 120 cm³/mol. The van der Waals surface area contributed by atoms with Crippen molar-refractivity contribution in [1.29, 1.82) is 0 Å². The zero-order valence-electron chi connectivity index (χ0n) is 16.4. The van der Waals surface area contributed by atoms with Crippen molar-refractivity contribution in [1.82, 2.24) is 15.5 Å². The normalized spacial score (nSPS) is 10.9. The summed E-state index contributed by atoms with van der Waals surface area (Å²) in [6.07, 6.45) is 2.32. The summed E-state index contributed by atoms with van der Waals surface area (Å²) in [4.78, 5) is 18.4. The molecule has 0 saturated carbocycles. The number of nitrogens with one attached hydrogen (secondary N) is 2. The Bertz CT molecular complexity index is 741. The molecule has 2 aromatic rings. The van der Waals surface area contributed by atoms with Gasteiger partial charge in [0.2, 0.25) is 0 Å². The Labute approximate surface area is 178 Å². The number of carbonyl (C=O) groups is 1. The number of furan rings is 1. The van der Waals surface area contributed by atoms with Gasteiger partial charge < -0.3 is 20.0 Å². The van der Waals surface area contributed by atoms with E-state index >= 15 is 0 Å². The molecule has 0 aliphatic heterocycles. The molecule has 0 atom stereocenters. The molecule has 0 radical (unpaired) electrons. The van der Waals surface area contributed by atoms with Gasteiger partial charge in [0.1, 0.15) is 0 Å². The Morgan fingerprint density at radius 3 is 2.37 bits per heavy atom. The van der Waals surface area contributed by atoms with Crippen LogP contribution in [0.3, 0.4) is 0 Å². The first-order valence-corrected chi connectivity index (χ1v) is 8.81. The Kier molecular flexibility index (Phi) is 9.92. The van der Waals surface area contributed by atoms with Crippen LogP contribution in [0.1, 0.15) is 33.7 Å². The molecule has 0 unspecified atom stereocenters. The molecule has 0 bridgehead atoms. The molecule has 0 aliphatic carbocycles. The molecule has 0 saturated heterocycles. The number of halogens is 1. The molecule has 1 amide bonds. The molecule has 0 fully saturated rings. The van der Waals surface area contributed by atoms with E-state index in [-0.39, 0.29) is 29.9 Å². The van der Waals surface area contributed by atoms with Crippen LogP contribution < -0.4 is 10.6 Å². The topological polar surface area (TPSA) is 69.9 Å². The van der Waals surface area contributed by atoms with Gasteiger partial charge in [0.25, 0.3) is 5.91 Å². The smallest absolute Gasteiger partial charge is 0.287 e. The van der Waals surface area contributed by atoms with Gasteiger partial charge in [-0.05, 0) is 31.9 Å². The Balaban J connectivity index is 0.00000364. The van der Waals surface area contributed by atoms with Crippen LogP contribution in [0.2, 0.25) is 0 Å². The van der Waals surface area contributed by atoms with E-state index in [0.29, 0.717) is 12.3 Å². The fourth-order valence-electron chi connectivity index (χ4n) is 2.60. The van der Waals surface area contributed by atoms with E-state index in [0.717, 1.165) is 31.0 Å². The van der Waals surface area contributed by atoms with Crippen LogP contribution in [0.5, 0.6) is 0 Å². The minimum absolute atomic E-state index is 0. The van der Waals surface area contributed by atoms with Crippen LogP contribution in [-0.2, 0) is 6.54 Å². The number of nitrogens with zero attached hydrogens (tertiary/aromatic N) is 2. The van der Waals surface area contributed by atoms with Crippen molar-refractivity contribution in [3.05, 3.63) is 59.0 Å². The van der Waals surface area contributed by atoms with Gasteiger partial charge in [-0.25, -0.2) is 0 Å². The average molecular weight is 484 g/mol. The van der Waals surface area contributed by atoms with E-state index in [9.17, 15) is 4.79 Å². The number of amides is 1. The van der Waals surface area contributed by atoms with Crippen molar-refractivity contribution in [3.8, 4) is 0 Å². The number of carbonyl (C=O) groups excluding carboxylic acids is 1. The standard InChI is InChI=1S/C20H28N4O2.HI/c1-15-6-8-17(9-7-15)14-24(4)20(21-3)23-12-5-11-22-19(25)18-16(2)10-13-26-18;/h6-10,13H,5,11-12,14H2,1-4H3,(H,21,23)(H,22,25);1H. The van der Waals surface area contributed by atoms with Crippen molar-refractivity contribution >= 4 is 35.8 Å². The molecule has 1 heterocycles. The lowest BCUT2D eigenvalue weighted by molar-refractivity contribution is 0.0925. The van der Waals surface area contributed by atoms with Gasteiger partial charge in [-0.15, -0.1) is 24.0 Å². The molecule has 0 aliphatic rings. The largest absolute Gasteiger partial charge is 0.459 e. The lowest BCUT2D eigenvalue weighted by atomic mass is 10.1. The van der Waals surface area contributed by atoms with Gasteiger partial charge in [-0.1, -0.05) is 29.8 Å². The van der Waals surface area contributed by atoms with Gasteiger partial charge >= 0.3 is 0 Å². The van der Waals surface area contributed by atoms with Crippen LogP contribution in [0.15, 0.2) is 46.0 Å². The number of aryl methyl sites for hydroxylation is 2. The van der Waals surface area contributed by atoms with Crippen LogP contribution in [0, 0.1) is 13.8 Å². The zero-order chi connectivity index (χ0) is 18.9. The van der Waals surface area contributed by atoms with Gasteiger partial charge in [0.05, 0.1) is 6.26 Å². The number of benzene rings is 1. The minimum atomic E-state index is -0.173. The first kappa shape index (κ1) is 23.0. The lowest BCUT2D eigenvalue weighted by Gasteiger charge is -2.22. The second kappa shape index (κ2) is 11.6. The predicted octanol–water partition coefficient (Wildman–Crippen LogP) is 3.34. The molecule has 7 heteroatoms. The van der Waals surface area contributed by atoms with E-state index in [1.807, 2.05) is 14.0 Å².